The zero-order valence-electron chi connectivity index (χ0n) is 9.58. The Morgan fingerprint density at radius 1 is 1.44 bits per heavy atom. The Morgan fingerprint density at radius 2 is 2.11 bits per heavy atom. The van der Waals surface area contributed by atoms with E-state index >= 15 is 0 Å². The Kier molecular flexibility index (Phi) is 4.50. The summed E-state index contributed by atoms with van der Waals surface area (Å²) in [5.41, 5.74) is -0.0630. The molecule has 1 amide bonds. The lowest BCUT2D eigenvalue weighted by atomic mass is 10.1. The average molecular weight is 255 g/mol. The number of carboxylic acid groups (broad SMARTS) is 1. The molecule has 0 aromatic heterocycles. The Hall–Kier alpha value is -2.28. The van der Waals surface area contributed by atoms with E-state index in [4.69, 9.17) is 14.9 Å². The minimum atomic E-state index is -1.69. The van der Waals surface area contributed by atoms with E-state index < -0.39 is 24.5 Å². The first kappa shape index (κ1) is 13.8. The van der Waals surface area contributed by atoms with E-state index in [0.717, 1.165) is 0 Å². The van der Waals surface area contributed by atoms with Gasteiger partial charge >= 0.3 is 5.97 Å². The number of phenolic OH excluding ortho intramolecular Hbond substituents is 1. The van der Waals surface area contributed by atoms with Crippen molar-refractivity contribution in [1.82, 2.24) is 5.32 Å². The van der Waals surface area contributed by atoms with Gasteiger partial charge in [-0.15, -0.1) is 0 Å². The molecule has 0 heterocycles. The van der Waals surface area contributed by atoms with Crippen molar-refractivity contribution in [2.45, 2.75) is 6.10 Å². The number of carboxylic acids is 1. The van der Waals surface area contributed by atoms with Crippen LogP contribution in [-0.2, 0) is 4.79 Å². The number of benzene rings is 1. The predicted octanol–water partition coefficient (Wildman–Crippen LogP) is -0.424. The molecule has 7 nitrogen and oxygen atoms in total. The molecular formula is C11H13NO6. The number of hydrogen-bond acceptors (Lipinski definition) is 5. The van der Waals surface area contributed by atoms with Crippen LogP contribution in [0.5, 0.6) is 11.5 Å². The van der Waals surface area contributed by atoms with Gasteiger partial charge in [0.15, 0.2) is 17.6 Å². The van der Waals surface area contributed by atoms with E-state index in [1.54, 1.807) is 0 Å². The van der Waals surface area contributed by atoms with Crippen molar-refractivity contribution < 1.29 is 29.6 Å². The fraction of sp³-hybridized carbons (Fsp3) is 0.273. The van der Waals surface area contributed by atoms with Crippen molar-refractivity contribution in [3.63, 3.8) is 0 Å². The molecule has 1 rings (SSSR count). The minimum Gasteiger partial charge on any atom is -0.504 e. The largest absolute Gasteiger partial charge is 0.504 e. The molecule has 0 radical (unpaired) electrons. The lowest BCUT2D eigenvalue weighted by Crippen LogP contribution is -2.36. The van der Waals surface area contributed by atoms with Crippen LogP contribution < -0.4 is 10.1 Å². The molecule has 0 aliphatic carbocycles. The third-order valence-corrected chi connectivity index (χ3v) is 2.20. The van der Waals surface area contributed by atoms with Gasteiger partial charge in [0.2, 0.25) is 0 Å². The third-order valence-electron chi connectivity index (χ3n) is 2.20. The molecular weight excluding hydrogens is 242 g/mol. The number of carbonyl (C=O) groups is 2. The molecule has 0 saturated carbocycles. The number of para-hydroxylation sites is 1. The maximum atomic E-state index is 11.6. The average Bonchev–Trinajstić information content (AvgIpc) is 2.35. The number of rotatable bonds is 5. The van der Waals surface area contributed by atoms with Gasteiger partial charge in [-0.3, -0.25) is 4.79 Å². The van der Waals surface area contributed by atoms with Gasteiger partial charge in [0, 0.05) is 0 Å². The van der Waals surface area contributed by atoms with Crippen LogP contribution in [0.3, 0.4) is 0 Å². The first-order chi connectivity index (χ1) is 8.47. The number of aliphatic carboxylic acids is 1. The topological polar surface area (TPSA) is 116 Å². The van der Waals surface area contributed by atoms with Gasteiger partial charge in [0.1, 0.15) is 0 Å². The number of aromatic hydroxyl groups is 1. The standard InChI is InChI=1S/C11H13NO6/c1-18-8-4-2-3-6(9(8)14)10(15)12-5-7(13)11(16)17/h2-4,7,13-14H,5H2,1H3,(H,12,15)(H,16,17). The molecule has 0 fully saturated rings. The van der Waals surface area contributed by atoms with Crippen molar-refractivity contribution in [3.05, 3.63) is 23.8 Å². The quantitative estimate of drug-likeness (QED) is 0.567. The third kappa shape index (κ3) is 3.11. The molecule has 98 valence electrons. The number of phenols is 1. The summed E-state index contributed by atoms with van der Waals surface area (Å²) < 4.78 is 4.83. The minimum absolute atomic E-state index is 0.0630. The summed E-state index contributed by atoms with van der Waals surface area (Å²) in [5.74, 6) is -2.36. The Labute approximate surface area is 103 Å². The van der Waals surface area contributed by atoms with Crippen molar-refractivity contribution >= 4 is 11.9 Å². The molecule has 7 heteroatoms. The molecule has 0 aliphatic heterocycles. The van der Waals surface area contributed by atoms with Gasteiger partial charge < -0.3 is 25.4 Å². The van der Waals surface area contributed by atoms with Crippen LogP contribution in [0.2, 0.25) is 0 Å². The van der Waals surface area contributed by atoms with E-state index in [2.05, 4.69) is 5.32 Å². The summed E-state index contributed by atoms with van der Waals surface area (Å²) in [5, 5.41) is 29.3. The van der Waals surface area contributed by atoms with Gasteiger partial charge in [0.05, 0.1) is 19.2 Å². The molecule has 0 bridgehead atoms. The highest BCUT2D eigenvalue weighted by atomic mass is 16.5. The summed E-state index contributed by atoms with van der Waals surface area (Å²) in [6.45, 7) is -0.454. The van der Waals surface area contributed by atoms with E-state index in [1.165, 1.54) is 25.3 Å². The summed E-state index contributed by atoms with van der Waals surface area (Å²) in [6.07, 6.45) is -1.69. The van der Waals surface area contributed by atoms with Crippen LogP contribution >= 0.6 is 0 Å². The highest BCUT2D eigenvalue weighted by Crippen LogP contribution is 2.28. The number of methoxy groups -OCH3 is 1. The van der Waals surface area contributed by atoms with Crippen LogP contribution in [0.1, 0.15) is 10.4 Å². The van der Waals surface area contributed by atoms with Crippen molar-refractivity contribution in [2.24, 2.45) is 0 Å². The summed E-state index contributed by atoms with van der Waals surface area (Å²) in [7, 11) is 1.34. The first-order valence-electron chi connectivity index (χ1n) is 5.02. The van der Waals surface area contributed by atoms with Crippen molar-refractivity contribution in [1.29, 1.82) is 0 Å². The zero-order chi connectivity index (χ0) is 13.7. The molecule has 18 heavy (non-hydrogen) atoms. The smallest absolute Gasteiger partial charge is 0.334 e. The number of carbonyl (C=O) groups excluding carboxylic acids is 1. The number of hydrogen-bond donors (Lipinski definition) is 4. The molecule has 0 spiro atoms. The maximum Gasteiger partial charge on any atom is 0.334 e. The first-order valence-corrected chi connectivity index (χ1v) is 5.02. The Morgan fingerprint density at radius 3 is 2.67 bits per heavy atom. The molecule has 1 unspecified atom stereocenters. The normalized spacial score (nSPS) is 11.7. The van der Waals surface area contributed by atoms with Crippen molar-refractivity contribution in [3.8, 4) is 11.5 Å². The lowest BCUT2D eigenvalue weighted by Gasteiger charge is -2.10. The molecule has 1 aromatic rings. The number of amides is 1. The SMILES string of the molecule is COc1cccc(C(=O)NCC(O)C(=O)O)c1O. The highest BCUT2D eigenvalue weighted by Gasteiger charge is 2.18. The Balaban J connectivity index is 2.76. The van der Waals surface area contributed by atoms with E-state index in [1.807, 2.05) is 0 Å². The van der Waals surface area contributed by atoms with Crippen LogP contribution in [0.15, 0.2) is 18.2 Å². The zero-order valence-corrected chi connectivity index (χ0v) is 9.58. The summed E-state index contributed by atoms with van der Waals surface area (Å²) >= 11 is 0. The number of aliphatic hydroxyl groups is 1. The van der Waals surface area contributed by atoms with Gasteiger partial charge in [-0.05, 0) is 12.1 Å². The Bertz CT molecular complexity index is 459. The van der Waals surface area contributed by atoms with Gasteiger partial charge in [0.25, 0.3) is 5.91 Å². The summed E-state index contributed by atoms with van der Waals surface area (Å²) in [6, 6.07) is 4.32. The van der Waals surface area contributed by atoms with Crippen LogP contribution in [0.25, 0.3) is 0 Å². The summed E-state index contributed by atoms with van der Waals surface area (Å²) in [4.78, 5) is 22.0. The maximum absolute atomic E-state index is 11.6. The molecule has 1 atom stereocenters. The van der Waals surface area contributed by atoms with Crippen molar-refractivity contribution in [2.75, 3.05) is 13.7 Å². The van der Waals surface area contributed by atoms with Gasteiger partial charge in [-0.2, -0.15) is 0 Å². The molecule has 0 saturated heterocycles. The van der Waals surface area contributed by atoms with E-state index in [-0.39, 0.29) is 17.1 Å². The number of nitrogens with one attached hydrogen (secondary N) is 1. The lowest BCUT2D eigenvalue weighted by molar-refractivity contribution is -0.146. The fourth-order valence-corrected chi connectivity index (χ4v) is 1.24. The monoisotopic (exact) mass is 255 g/mol. The van der Waals surface area contributed by atoms with E-state index in [0.29, 0.717) is 0 Å². The van der Waals surface area contributed by atoms with Gasteiger partial charge in [-0.1, -0.05) is 6.07 Å². The van der Waals surface area contributed by atoms with Crippen LogP contribution in [0.4, 0.5) is 0 Å². The van der Waals surface area contributed by atoms with Crippen LogP contribution in [-0.4, -0.2) is 47.0 Å². The molecule has 1 aromatic carbocycles. The second kappa shape index (κ2) is 5.87. The van der Waals surface area contributed by atoms with E-state index in [9.17, 15) is 14.7 Å². The second-order valence-corrected chi connectivity index (χ2v) is 3.42. The van der Waals surface area contributed by atoms with Crippen LogP contribution in [0, 0.1) is 0 Å². The highest BCUT2D eigenvalue weighted by molar-refractivity contribution is 5.97. The molecule has 4 N–H and O–H groups in total. The second-order valence-electron chi connectivity index (χ2n) is 3.42. The van der Waals surface area contributed by atoms with Gasteiger partial charge in [-0.25, -0.2) is 4.79 Å². The number of ether oxygens (including phenoxy) is 1. The molecule has 0 aliphatic rings. The predicted molar refractivity (Wildman–Crippen MR) is 60.6 cm³/mol. The number of aliphatic hydroxyl groups excluding tert-OH is 1. The fourth-order valence-electron chi connectivity index (χ4n) is 1.24.